The number of hydrogen-bond donors (Lipinski definition) is 0. The highest BCUT2D eigenvalue weighted by Gasteiger charge is 2.29. The van der Waals surface area contributed by atoms with E-state index in [1.807, 2.05) is 49.9 Å². The van der Waals surface area contributed by atoms with Crippen molar-refractivity contribution in [3.8, 4) is 5.75 Å². The summed E-state index contributed by atoms with van der Waals surface area (Å²) in [6.07, 6.45) is 6.76. The number of methoxy groups -OCH3 is 1. The van der Waals surface area contributed by atoms with E-state index in [1.54, 1.807) is 0 Å². The maximum Gasteiger partial charge on any atom is 0.310 e. The summed E-state index contributed by atoms with van der Waals surface area (Å²) >= 11 is 0. The fourth-order valence-electron chi connectivity index (χ4n) is 3.65. The quantitative estimate of drug-likeness (QED) is 0.522. The lowest BCUT2D eigenvalue weighted by molar-refractivity contribution is -0.145. The average molecular weight is 376 g/mol. The molecule has 1 aromatic carbocycles. The number of amides is 1. The third-order valence-corrected chi connectivity index (χ3v) is 5.07. The van der Waals surface area contributed by atoms with Gasteiger partial charge < -0.3 is 14.4 Å². The van der Waals surface area contributed by atoms with Crippen LogP contribution in [0.3, 0.4) is 0 Å². The normalized spacial score (nSPS) is 16.5. The van der Waals surface area contributed by atoms with Gasteiger partial charge in [-0.15, -0.1) is 0 Å². The predicted octanol–water partition coefficient (Wildman–Crippen LogP) is 4.45. The molecule has 0 heterocycles. The van der Waals surface area contributed by atoms with Crippen molar-refractivity contribution >= 4 is 11.9 Å². The molecule has 0 aliphatic heterocycles. The van der Waals surface area contributed by atoms with E-state index in [1.165, 1.54) is 20.0 Å². The lowest BCUT2D eigenvalue weighted by atomic mass is 10.0. The summed E-state index contributed by atoms with van der Waals surface area (Å²) in [6, 6.07) is 7.47. The van der Waals surface area contributed by atoms with E-state index in [9.17, 15) is 9.59 Å². The number of ether oxygens (including phenoxy) is 2. The molecule has 1 aliphatic rings. The minimum Gasteiger partial charge on any atom is -0.491 e. The first-order valence-electron chi connectivity index (χ1n) is 10.1. The summed E-state index contributed by atoms with van der Waals surface area (Å²) in [5.74, 6) is 0.118. The van der Waals surface area contributed by atoms with Crippen LogP contribution in [0.2, 0.25) is 0 Å². The van der Waals surface area contributed by atoms with E-state index in [-0.39, 0.29) is 29.9 Å². The first-order valence-corrected chi connectivity index (χ1v) is 10.1. The standard InChI is InChI=1S/C22H33NO4/c1-16(2)27-20-13-11-18(12-14-20)21(24)23(15-17(3)22(25)26-4)19-9-7-5-6-8-10-19/h11-14,16-17,19H,5-10,15H2,1-4H3. The van der Waals surface area contributed by atoms with Crippen LogP contribution in [0.5, 0.6) is 5.75 Å². The summed E-state index contributed by atoms with van der Waals surface area (Å²) in [4.78, 5) is 27.1. The van der Waals surface area contributed by atoms with Crippen LogP contribution in [0.4, 0.5) is 0 Å². The third-order valence-electron chi connectivity index (χ3n) is 5.07. The van der Waals surface area contributed by atoms with Crippen molar-refractivity contribution in [1.82, 2.24) is 4.90 Å². The van der Waals surface area contributed by atoms with Crippen molar-refractivity contribution in [2.75, 3.05) is 13.7 Å². The third kappa shape index (κ3) is 6.26. The highest BCUT2D eigenvalue weighted by Crippen LogP contribution is 2.25. The number of hydrogen-bond acceptors (Lipinski definition) is 4. The van der Waals surface area contributed by atoms with Gasteiger partial charge in [0.1, 0.15) is 5.75 Å². The van der Waals surface area contributed by atoms with Gasteiger partial charge in [0.15, 0.2) is 0 Å². The second-order valence-corrected chi connectivity index (χ2v) is 7.72. The van der Waals surface area contributed by atoms with Crippen molar-refractivity contribution in [1.29, 1.82) is 0 Å². The Labute approximate surface area is 163 Å². The van der Waals surface area contributed by atoms with Gasteiger partial charge in [-0.1, -0.05) is 32.6 Å². The Morgan fingerprint density at radius 3 is 2.15 bits per heavy atom. The van der Waals surface area contributed by atoms with Gasteiger partial charge in [0.25, 0.3) is 5.91 Å². The van der Waals surface area contributed by atoms with Crippen LogP contribution in [0.25, 0.3) is 0 Å². The Balaban J connectivity index is 2.19. The zero-order valence-corrected chi connectivity index (χ0v) is 17.1. The summed E-state index contributed by atoms with van der Waals surface area (Å²) in [6.45, 7) is 6.16. The van der Waals surface area contributed by atoms with Gasteiger partial charge in [0, 0.05) is 18.2 Å². The number of nitrogens with zero attached hydrogens (tertiary/aromatic N) is 1. The molecule has 2 rings (SSSR count). The van der Waals surface area contributed by atoms with E-state index in [2.05, 4.69) is 0 Å². The molecule has 0 radical (unpaired) electrons. The monoisotopic (exact) mass is 375 g/mol. The molecule has 1 unspecified atom stereocenters. The Bertz CT molecular complexity index is 603. The lowest BCUT2D eigenvalue weighted by Gasteiger charge is -2.33. The molecule has 1 atom stereocenters. The molecular weight excluding hydrogens is 342 g/mol. The van der Waals surface area contributed by atoms with Crippen LogP contribution in [-0.4, -0.2) is 42.6 Å². The molecule has 1 aliphatic carbocycles. The summed E-state index contributed by atoms with van der Waals surface area (Å²) in [7, 11) is 1.39. The van der Waals surface area contributed by atoms with E-state index < -0.39 is 0 Å². The average Bonchev–Trinajstić information content (AvgIpc) is 2.94. The molecule has 1 amide bonds. The fourth-order valence-corrected chi connectivity index (χ4v) is 3.65. The molecule has 27 heavy (non-hydrogen) atoms. The smallest absolute Gasteiger partial charge is 0.310 e. The zero-order chi connectivity index (χ0) is 19.8. The number of esters is 1. The SMILES string of the molecule is COC(=O)C(C)CN(C(=O)c1ccc(OC(C)C)cc1)C1CCCCCC1. The van der Waals surface area contributed by atoms with Crippen LogP contribution in [-0.2, 0) is 9.53 Å². The van der Waals surface area contributed by atoms with E-state index >= 15 is 0 Å². The van der Waals surface area contributed by atoms with Crippen molar-refractivity contribution in [3.63, 3.8) is 0 Å². The molecule has 1 aromatic rings. The number of carbonyl (C=O) groups is 2. The Kier molecular flexibility index (Phi) is 8.14. The molecule has 150 valence electrons. The molecular formula is C22H33NO4. The second-order valence-electron chi connectivity index (χ2n) is 7.72. The molecule has 1 saturated carbocycles. The van der Waals surface area contributed by atoms with Gasteiger partial charge in [-0.05, 0) is 51.0 Å². The van der Waals surface area contributed by atoms with Crippen LogP contribution in [0.1, 0.15) is 69.7 Å². The fraction of sp³-hybridized carbons (Fsp3) is 0.636. The lowest BCUT2D eigenvalue weighted by Crippen LogP contribution is -2.44. The van der Waals surface area contributed by atoms with E-state index in [0.717, 1.165) is 31.4 Å². The number of rotatable bonds is 7. The number of carbonyl (C=O) groups excluding carboxylic acids is 2. The summed E-state index contributed by atoms with van der Waals surface area (Å²) in [5, 5.41) is 0. The van der Waals surface area contributed by atoms with Gasteiger partial charge in [-0.25, -0.2) is 0 Å². The van der Waals surface area contributed by atoms with E-state index in [0.29, 0.717) is 12.1 Å². The van der Waals surface area contributed by atoms with Gasteiger partial charge in [-0.3, -0.25) is 9.59 Å². The molecule has 5 nitrogen and oxygen atoms in total. The van der Waals surface area contributed by atoms with Crippen LogP contribution >= 0.6 is 0 Å². The largest absolute Gasteiger partial charge is 0.491 e. The highest BCUT2D eigenvalue weighted by molar-refractivity contribution is 5.94. The predicted molar refractivity (Wildman–Crippen MR) is 106 cm³/mol. The topological polar surface area (TPSA) is 55.8 Å². The minimum absolute atomic E-state index is 0.0197. The molecule has 0 bridgehead atoms. The molecule has 0 N–H and O–H groups in total. The molecule has 0 spiro atoms. The van der Waals surface area contributed by atoms with Gasteiger partial charge in [-0.2, -0.15) is 0 Å². The number of benzene rings is 1. The zero-order valence-electron chi connectivity index (χ0n) is 17.1. The van der Waals surface area contributed by atoms with Crippen molar-refractivity contribution in [2.24, 2.45) is 5.92 Å². The first kappa shape index (κ1) is 21.3. The summed E-state index contributed by atoms with van der Waals surface area (Å²) < 4.78 is 10.5. The molecule has 5 heteroatoms. The maximum atomic E-state index is 13.3. The Morgan fingerprint density at radius 1 is 1.04 bits per heavy atom. The van der Waals surface area contributed by atoms with Crippen molar-refractivity contribution in [3.05, 3.63) is 29.8 Å². The van der Waals surface area contributed by atoms with Crippen LogP contribution in [0.15, 0.2) is 24.3 Å². The second kappa shape index (κ2) is 10.3. The van der Waals surface area contributed by atoms with Gasteiger partial charge in [0.2, 0.25) is 0 Å². The molecule has 0 aromatic heterocycles. The highest BCUT2D eigenvalue weighted by atomic mass is 16.5. The molecule has 0 saturated heterocycles. The van der Waals surface area contributed by atoms with E-state index in [4.69, 9.17) is 9.47 Å². The van der Waals surface area contributed by atoms with Crippen LogP contribution < -0.4 is 4.74 Å². The summed E-state index contributed by atoms with van der Waals surface area (Å²) in [5.41, 5.74) is 0.632. The minimum atomic E-state index is -0.342. The van der Waals surface area contributed by atoms with Crippen molar-refractivity contribution in [2.45, 2.75) is 71.4 Å². The first-order chi connectivity index (χ1) is 12.9. The molecule has 1 fully saturated rings. The van der Waals surface area contributed by atoms with Gasteiger partial charge in [0.05, 0.1) is 19.1 Å². The Hall–Kier alpha value is -2.04. The van der Waals surface area contributed by atoms with Crippen molar-refractivity contribution < 1.29 is 19.1 Å². The van der Waals surface area contributed by atoms with Crippen LogP contribution in [0, 0.1) is 5.92 Å². The van der Waals surface area contributed by atoms with Gasteiger partial charge >= 0.3 is 5.97 Å². The Morgan fingerprint density at radius 2 is 1.63 bits per heavy atom. The maximum absolute atomic E-state index is 13.3.